The summed E-state index contributed by atoms with van der Waals surface area (Å²) in [4.78, 5) is 4.60. The van der Waals surface area contributed by atoms with Crippen LogP contribution in [0.25, 0.3) is 23.1 Å². The number of aromatic nitrogens is 2. The Morgan fingerprint density at radius 3 is 2.54 bits per heavy atom. The fourth-order valence-corrected chi connectivity index (χ4v) is 2.94. The first-order valence-corrected chi connectivity index (χ1v) is 7.89. The van der Waals surface area contributed by atoms with E-state index in [-0.39, 0.29) is 12.4 Å². The minimum atomic E-state index is 0. The number of halogens is 1. The van der Waals surface area contributed by atoms with E-state index in [1.54, 1.807) is 7.11 Å². The van der Waals surface area contributed by atoms with Crippen molar-refractivity contribution < 1.29 is 4.74 Å². The molecule has 2 aromatic heterocycles. The van der Waals surface area contributed by atoms with Crippen molar-refractivity contribution in [1.82, 2.24) is 9.55 Å². The average Bonchev–Trinajstić information content (AvgIpc) is 2.84. The first kappa shape index (κ1) is 18.2. The Labute approximate surface area is 149 Å². The van der Waals surface area contributed by atoms with Crippen LogP contribution in [0, 0.1) is 13.8 Å². The van der Waals surface area contributed by atoms with Crippen LogP contribution < -0.4 is 0 Å². The number of benzene rings is 1. The number of rotatable bonds is 5. The second kappa shape index (κ2) is 8.13. The lowest BCUT2D eigenvalue weighted by Gasteiger charge is -2.09. The van der Waals surface area contributed by atoms with Crippen LogP contribution in [-0.4, -0.2) is 23.3 Å². The molecular weight excluding hydrogens is 320 g/mol. The van der Waals surface area contributed by atoms with Gasteiger partial charge in [0.25, 0.3) is 0 Å². The number of pyridine rings is 1. The number of nitrogens with zero attached hydrogens (tertiary/aromatic N) is 2. The maximum Gasteiger partial charge on any atom is 0.0872 e. The predicted octanol–water partition coefficient (Wildman–Crippen LogP) is 4.89. The van der Waals surface area contributed by atoms with Gasteiger partial charge in [0.15, 0.2) is 0 Å². The molecule has 4 heteroatoms. The van der Waals surface area contributed by atoms with Crippen molar-refractivity contribution in [2.24, 2.45) is 0 Å². The second-order valence-corrected chi connectivity index (χ2v) is 5.69. The van der Waals surface area contributed by atoms with E-state index >= 15 is 0 Å². The fourth-order valence-electron chi connectivity index (χ4n) is 2.94. The zero-order valence-electron chi connectivity index (χ0n) is 14.3. The van der Waals surface area contributed by atoms with Crippen molar-refractivity contribution >= 4 is 35.5 Å². The summed E-state index contributed by atoms with van der Waals surface area (Å²) >= 11 is 0. The Hall–Kier alpha value is -2.10. The lowest BCUT2D eigenvalue weighted by Crippen LogP contribution is -2.06. The van der Waals surface area contributed by atoms with Crippen molar-refractivity contribution in [2.45, 2.75) is 20.4 Å². The fraction of sp³-hybridized carbons (Fsp3) is 0.250. The molecule has 3 aromatic rings. The van der Waals surface area contributed by atoms with Crippen LogP contribution in [-0.2, 0) is 11.3 Å². The van der Waals surface area contributed by atoms with Gasteiger partial charge in [-0.3, -0.25) is 4.98 Å². The first-order chi connectivity index (χ1) is 11.2. The lowest BCUT2D eigenvalue weighted by atomic mass is 10.1. The van der Waals surface area contributed by atoms with E-state index in [1.165, 1.54) is 27.7 Å². The molecule has 0 saturated carbocycles. The SMILES string of the molecule is COCCn1c(C)c(C)c2ccnc(/C=C/c3ccccc3)c21.Cl. The van der Waals surface area contributed by atoms with Gasteiger partial charge in [-0.1, -0.05) is 36.4 Å². The molecule has 0 radical (unpaired) electrons. The van der Waals surface area contributed by atoms with E-state index in [1.807, 2.05) is 24.4 Å². The quantitative estimate of drug-likeness (QED) is 0.660. The number of ether oxygens (including phenoxy) is 1. The van der Waals surface area contributed by atoms with Crippen molar-refractivity contribution in [2.75, 3.05) is 13.7 Å². The highest BCUT2D eigenvalue weighted by molar-refractivity contribution is 5.92. The normalized spacial score (nSPS) is 11.1. The van der Waals surface area contributed by atoms with Crippen LogP contribution >= 0.6 is 12.4 Å². The van der Waals surface area contributed by atoms with Crippen molar-refractivity contribution in [3.63, 3.8) is 0 Å². The number of fused-ring (bicyclic) bond motifs is 1. The van der Waals surface area contributed by atoms with Gasteiger partial charge in [-0.15, -0.1) is 12.4 Å². The van der Waals surface area contributed by atoms with E-state index in [0.717, 1.165) is 12.2 Å². The Morgan fingerprint density at radius 2 is 1.83 bits per heavy atom. The van der Waals surface area contributed by atoms with Crippen LogP contribution in [0.5, 0.6) is 0 Å². The van der Waals surface area contributed by atoms with Crippen LogP contribution in [0.3, 0.4) is 0 Å². The average molecular weight is 343 g/mol. The van der Waals surface area contributed by atoms with Gasteiger partial charge in [0.2, 0.25) is 0 Å². The molecule has 0 unspecified atom stereocenters. The monoisotopic (exact) mass is 342 g/mol. The molecule has 0 amide bonds. The largest absolute Gasteiger partial charge is 0.383 e. The van der Waals surface area contributed by atoms with E-state index < -0.39 is 0 Å². The molecule has 1 aromatic carbocycles. The summed E-state index contributed by atoms with van der Waals surface area (Å²) in [6, 6.07) is 12.4. The maximum absolute atomic E-state index is 5.27. The predicted molar refractivity (Wildman–Crippen MR) is 104 cm³/mol. The number of hydrogen-bond acceptors (Lipinski definition) is 2. The molecule has 0 fully saturated rings. The number of hydrogen-bond donors (Lipinski definition) is 0. The van der Waals surface area contributed by atoms with Gasteiger partial charge in [-0.05, 0) is 37.1 Å². The van der Waals surface area contributed by atoms with Gasteiger partial charge in [-0.25, -0.2) is 0 Å². The number of methoxy groups -OCH3 is 1. The standard InChI is InChI=1S/C20H22N2O.ClH/c1-15-16(2)22(13-14-23-3)20-18(15)11-12-21-19(20)10-9-17-7-5-4-6-8-17;/h4-12H,13-14H2,1-3H3;1H/b10-9+;. The van der Waals surface area contributed by atoms with Gasteiger partial charge in [-0.2, -0.15) is 0 Å². The minimum absolute atomic E-state index is 0. The van der Waals surface area contributed by atoms with Gasteiger partial charge in [0.1, 0.15) is 0 Å². The van der Waals surface area contributed by atoms with Gasteiger partial charge >= 0.3 is 0 Å². The molecule has 0 spiro atoms. The molecule has 3 rings (SSSR count). The minimum Gasteiger partial charge on any atom is -0.383 e. The molecule has 0 aliphatic heterocycles. The molecule has 0 saturated heterocycles. The molecule has 0 bridgehead atoms. The summed E-state index contributed by atoms with van der Waals surface area (Å²) in [7, 11) is 1.74. The lowest BCUT2D eigenvalue weighted by molar-refractivity contribution is 0.188. The topological polar surface area (TPSA) is 27.1 Å². The Balaban J connectivity index is 0.00000208. The molecule has 0 aliphatic carbocycles. The van der Waals surface area contributed by atoms with Crippen molar-refractivity contribution in [3.8, 4) is 0 Å². The number of aryl methyl sites for hydroxylation is 1. The van der Waals surface area contributed by atoms with E-state index in [4.69, 9.17) is 4.74 Å². The summed E-state index contributed by atoms with van der Waals surface area (Å²) in [5.41, 5.74) is 5.95. The first-order valence-electron chi connectivity index (χ1n) is 7.89. The van der Waals surface area contributed by atoms with Crippen LogP contribution in [0.2, 0.25) is 0 Å². The zero-order chi connectivity index (χ0) is 16.2. The van der Waals surface area contributed by atoms with Crippen LogP contribution in [0.4, 0.5) is 0 Å². The molecule has 24 heavy (non-hydrogen) atoms. The summed E-state index contributed by atoms with van der Waals surface area (Å²) in [5.74, 6) is 0. The Bertz CT molecular complexity index is 838. The van der Waals surface area contributed by atoms with Gasteiger partial charge in [0, 0.05) is 30.9 Å². The smallest absolute Gasteiger partial charge is 0.0872 e. The second-order valence-electron chi connectivity index (χ2n) is 5.69. The third-order valence-corrected chi connectivity index (χ3v) is 4.33. The van der Waals surface area contributed by atoms with Gasteiger partial charge < -0.3 is 9.30 Å². The highest BCUT2D eigenvalue weighted by atomic mass is 35.5. The van der Waals surface area contributed by atoms with Crippen molar-refractivity contribution in [3.05, 3.63) is 65.1 Å². The van der Waals surface area contributed by atoms with E-state index in [0.29, 0.717) is 6.61 Å². The molecule has 0 N–H and O–H groups in total. The third-order valence-electron chi connectivity index (χ3n) is 4.33. The summed E-state index contributed by atoms with van der Waals surface area (Å²) in [6.45, 7) is 5.87. The molecule has 0 aliphatic rings. The van der Waals surface area contributed by atoms with Crippen LogP contribution in [0.1, 0.15) is 22.5 Å². The van der Waals surface area contributed by atoms with Crippen LogP contribution in [0.15, 0.2) is 42.6 Å². The van der Waals surface area contributed by atoms with Crippen molar-refractivity contribution in [1.29, 1.82) is 0 Å². The summed E-state index contributed by atoms with van der Waals surface area (Å²) in [5, 5.41) is 1.27. The highest BCUT2D eigenvalue weighted by Crippen LogP contribution is 2.27. The molecular formula is C20H23ClN2O. The Kier molecular flexibility index (Phi) is 6.18. The van der Waals surface area contributed by atoms with E-state index in [9.17, 15) is 0 Å². The third kappa shape index (κ3) is 3.53. The highest BCUT2D eigenvalue weighted by Gasteiger charge is 2.13. The summed E-state index contributed by atoms with van der Waals surface area (Å²) in [6.07, 6.45) is 6.10. The molecule has 126 valence electrons. The Morgan fingerprint density at radius 1 is 1.08 bits per heavy atom. The zero-order valence-corrected chi connectivity index (χ0v) is 15.1. The van der Waals surface area contributed by atoms with E-state index in [2.05, 4.69) is 53.7 Å². The maximum atomic E-state index is 5.27. The van der Waals surface area contributed by atoms with Gasteiger partial charge in [0.05, 0.1) is 17.8 Å². The molecule has 2 heterocycles. The summed E-state index contributed by atoms with van der Waals surface area (Å²) < 4.78 is 7.58. The molecule has 3 nitrogen and oxygen atoms in total. The molecule has 0 atom stereocenters.